The molecule has 2 aliphatic rings. The zero-order chi connectivity index (χ0) is 38.3. The van der Waals surface area contributed by atoms with E-state index in [4.69, 9.17) is 15.0 Å². The van der Waals surface area contributed by atoms with Gasteiger partial charge in [-0.05, 0) is 105 Å². The van der Waals surface area contributed by atoms with Gasteiger partial charge in [-0.25, -0.2) is 15.0 Å². The van der Waals surface area contributed by atoms with Gasteiger partial charge in [0.25, 0.3) is 0 Å². The van der Waals surface area contributed by atoms with Gasteiger partial charge < -0.3 is 0 Å². The second-order valence-electron chi connectivity index (χ2n) is 14.6. The van der Waals surface area contributed by atoms with Gasteiger partial charge in [-0.1, -0.05) is 164 Å². The van der Waals surface area contributed by atoms with Gasteiger partial charge in [0.15, 0.2) is 17.5 Å². The van der Waals surface area contributed by atoms with Crippen LogP contribution in [0, 0.1) is 0 Å². The number of hydrogen-bond acceptors (Lipinski definition) is 4. The molecule has 2 aliphatic carbocycles. The lowest BCUT2D eigenvalue weighted by molar-refractivity contribution is 0.722. The third kappa shape index (κ3) is 5.68. The fourth-order valence-electron chi connectivity index (χ4n) is 8.94. The van der Waals surface area contributed by atoms with Gasteiger partial charge in [-0.3, -0.25) is 4.99 Å². The summed E-state index contributed by atoms with van der Waals surface area (Å²) in [6, 6.07) is 60.9. The molecule has 1 heterocycles. The SMILES string of the molecule is C=N/C=C\C(=C/C)c1ccc2c(c1)C1(c3ccccc3Cc3ccccc31)c1cc(-c3ccc(-c4nc(-c5ccccc5)nc(-c5ccccc5)n4)cc3)ccc1-2. The first-order chi connectivity index (χ1) is 28.1. The molecule has 4 heteroatoms. The molecule has 0 atom stereocenters. The summed E-state index contributed by atoms with van der Waals surface area (Å²) in [4.78, 5) is 18.8. The second kappa shape index (κ2) is 14.1. The molecule has 57 heavy (non-hydrogen) atoms. The fraction of sp³-hybridized carbons (Fsp3) is 0.0566. The number of hydrogen-bond donors (Lipinski definition) is 0. The molecule has 0 saturated heterocycles. The molecule has 0 radical (unpaired) electrons. The highest BCUT2D eigenvalue weighted by Gasteiger charge is 2.50. The Kier molecular flexibility index (Phi) is 8.45. The van der Waals surface area contributed by atoms with Gasteiger partial charge in [-0.2, -0.15) is 0 Å². The predicted molar refractivity (Wildman–Crippen MR) is 234 cm³/mol. The van der Waals surface area contributed by atoms with E-state index in [-0.39, 0.29) is 0 Å². The highest BCUT2D eigenvalue weighted by Crippen LogP contribution is 2.60. The Morgan fingerprint density at radius 2 is 0.982 bits per heavy atom. The number of aliphatic imine (C=N–C) groups is 1. The van der Waals surface area contributed by atoms with Crippen molar-refractivity contribution in [2.24, 2.45) is 4.99 Å². The van der Waals surface area contributed by atoms with Crippen molar-refractivity contribution in [2.45, 2.75) is 18.8 Å². The van der Waals surface area contributed by atoms with Crippen LogP contribution in [0.3, 0.4) is 0 Å². The van der Waals surface area contributed by atoms with Crippen molar-refractivity contribution in [1.82, 2.24) is 15.0 Å². The van der Waals surface area contributed by atoms with E-state index < -0.39 is 5.41 Å². The Bertz CT molecular complexity index is 2780. The van der Waals surface area contributed by atoms with Crippen LogP contribution < -0.4 is 0 Å². The molecule has 7 aromatic carbocycles. The van der Waals surface area contributed by atoms with E-state index in [1.165, 1.54) is 44.5 Å². The maximum atomic E-state index is 4.97. The van der Waals surface area contributed by atoms with Crippen LogP contribution in [-0.2, 0) is 11.8 Å². The van der Waals surface area contributed by atoms with Crippen molar-refractivity contribution >= 4 is 12.3 Å². The summed E-state index contributed by atoms with van der Waals surface area (Å²) >= 11 is 0. The molecule has 1 spiro atoms. The normalized spacial score (nSPS) is 13.5. The molecule has 4 nitrogen and oxygen atoms in total. The van der Waals surface area contributed by atoms with Crippen molar-refractivity contribution in [3.8, 4) is 56.4 Å². The van der Waals surface area contributed by atoms with Crippen LogP contribution in [-0.4, -0.2) is 21.7 Å². The molecule has 0 fully saturated rings. The Morgan fingerprint density at radius 1 is 0.509 bits per heavy atom. The monoisotopic (exact) mass is 730 g/mol. The van der Waals surface area contributed by atoms with Crippen molar-refractivity contribution in [1.29, 1.82) is 0 Å². The zero-order valence-corrected chi connectivity index (χ0v) is 31.6. The Morgan fingerprint density at radius 3 is 1.54 bits per heavy atom. The highest BCUT2D eigenvalue weighted by molar-refractivity contribution is 5.91. The lowest BCUT2D eigenvalue weighted by atomic mass is 9.61. The third-order valence-corrected chi connectivity index (χ3v) is 11.5. The standard InChI is InChI=1S/C53H38N4/c1-3-35(30-31-54-2)40-26-28-44-45-29-27-41(34-49(45)53(48(44)33-40)46-20-12-10-18-42(46)32-43-19-11-13-21-47(43)53)36-22-24-39(25-23-36)52-56-50(37-14-6-4-7-15-37)55-51(57-52)38-16-8-5-9-17-38/h3-31,33-34H,2,32H2,1H3/b31-30-,35-3+. The van der Waals surface area contributed by atoms with E-state index in [9.17, 15) is 0 Å². The van der Waals surface area contributed by atoms with Gasteiger partial charge in [0.05, 0.1) is 5.41 Å². The van der Waals surface area contributed by atoms with E-state index in [2.05, 4.69) is 134 Å². The van der Waals surface area contributed by atoms with Crippen LogP contribution in [0.1, 0.15) is 45.9 Å². The van der Waals surface area contributed by atoms with Gasteiger partial charge in [0.2, 0.25) is 0 Å². The highest BCUT2D eigenvalue weighted by atomic mass is 15.0. The van der Waals surface area contributed by atoms with E-state index in [1.807, 2.05) is 66.7 Å². The minimum absolute atomic E-state index is 0.492. The molecular formula is C53H38N4. The molecule has 8 aromatic rings. The van der Waals surface area contributed by atoms with Crippen molar-refractivity contribution in [3.05, 3.63) is 227 Å². The largest absolute Gasteiger partial charge is 0.272 e. The molecule has 10 rings (SSSR count). The molecule has 0 bridgehead atoms. The van der Waals surface area contributed by atoms with Crippen LogP contribution in [0.4, 0.5) is 0 Å². The molecule has 270 valence electrons. The molecule has 0 N–H and O–H groups in total. The van der Waals surface area contributed by atoms with Gasteiger partial charge >= 0.3 is 0 Å². The van der Waals surface area contributed by atoms with Gasteiger partial charge in [-0.15, -0.1) is 0 Å². The average Bonchev–Trinajstić information content (AvgIpc) is 3.56. The third-order valence-electron chi connectivity index (χ3n) is 11.5. The number of aromatic nitrogens is 3. The first kappa shape index (κ1) is 34.2. The molecule has 1 aromatic heterocycles. The first-order valence-electron chi connectivity index (χ1n) is 19.4. The van der Waals surface area contributed by atoms with Crippen molar-refractivity contribution in [3.63, 3.8) is 0 Å². The summed E-state index contributed by atoms with van der Waals surface area (Å²) in [5.74, 6) is 1.94. The Labute approximate surface area is 333 Å². The predicted octanol–water partition coefficient (Wildman–Crippen LogP) is 12.4. The maximum Gasteiger partial charge on any atom is 0.164 e. The minimum atomic E-state index is -0.492. The quantitative estimate of drug-likeness (QED) is 0.121. The lowest BCUT2D eigenvalue weighted by Crippen LogP contribution is -2.34. The lowest BCUT2D eigenvalue weighted by Gasteiger charge is -2.40. The second-order valence-corrected chi connectivity index (χ2v) is 14.6. The van der Waals surface area contributed by atoms with E-state index >= 15 is 0 Å². The van der Waals surface area contributed by atoms with E-state index in [0.29, 0.717) is 17.5 Å². The van der Waals surface area contributed by atoms with Crippen LogP contribution >= 0.6 is 0 Å². The summed E-state index contributed by atoms with van der Waals surface area (Å²) in [5, 5.41) is 0. The number of benzene rings is 7. The van der Waals surface area contributed by atoms with Crippen molar-refractivity contribution < 1.29 is 0 Å². The number of rotatable bonds is 7. The summed E-state index contributed by atoms with van der Waals surface area (Å²) < 4.78 is 0. The summed E-state index contributed by atoms with van der Waals surface area (Å²) in [5.41, 5.74) is 17.5. The number of allylic oxidation sites excluding steroid dienone is 3. The zero-order valence-electron chi connectivity index (χ0n) is 31.6. The molecule has 0 saturated carbocycles. The molecule has 0 unspecified atom stereocenters. The average molecular weight is 731 g/mol. The topological polar surface area (TPSA) is 51.0 Å². The maximum absolute atomic E-state index is 4.97. The van der Waals surface area contributed by atoms with E-state index in [1.54, 1.807) is 6.20 Å². The van der Waals surface area contributed by atoms with E-state index in [0.717, 1.165) is 45.4 Å². The van der Waals surface area contributed by atoms with Crippen molar-refractivity contribution in [2.75, 3.05) is 0 Å². The molecule has 0 amide bonds. The number of fused-ring (bicyclic) bond motifs is 9. The Balaban J connectivity index is 1.13. The summed E-state index contributed by atoms with van der Waals surface area (Å²) in [6.45, 7) is 5.75. The Hall–Kier alpha value is -7.30. The van der Waals surface area contributed by atoms with Gasteiger partial charge in [0.1, 0.15) is 0 Å². The van der Waals surface area contributed by atoms with Crippen LogP contribution in [0.5, 0.6) is 0 Å². The summed E-state index contributed by atoms with van der Waals surface area (Å²) in [7, 11) is 0. The smallest absolute Gasteiger partial charge is 0.164 e. The van der Waals surface area contributed by atoms with Crippen LogP contribution in [0.25, 0.3) is 62.0 Å². The number of nitrogens with zero attached hydrogens (tertiary/aromatic N) is 4. The summed E-state index contributed by atoms with van der Waals surface area (Å²) in [6.07, 6.45) is 6.85. The van der Waals surface area contributed by atoms with Crippen LogP contribution in [0.2, 0.25) is 0 Å². The molecule has 0 aliphatic heterocycles. The van der Waals surface area contributed by atoms with Gasteiger partial charge in [0, 0.05) is 22.9 Å². The molecular weight excluding hydrogens is 693 g/mol. The minimum Gasteiger partial charge on any atom is -0.272 e. The fourth-order valence-corrected chi connectivity index (χ4v) is 8.94. The van der Waals surface area contributed by atoms with Crippen LogP contribution in [0.15, 0.2) is 193 Å². The first-order valence-corrected chi connectivity index (χ1v) is 19.4.